The van der Waals surface area contributed by atoms with Crippen LogP contribution in [0.1, 0.15) is 24.3 Å². The molecule has 6 nitrogen and oxygen atoms in total. The lowest BCUT2D eigenvalue weighted by atomic mass is 9.91. The van der Waals surface area contributed by atoms with Gasteiger partial charge in [0.05, 0.1) is 21.3 Å². The Balaban J connectivity index is 2.04. The molecule has 1 aromatic carbocycles. The highest BCUT2D eigenvalue weighted by Gasteiger charge is 2.22. The van der Waals surface area contributed by atoms with Crippen LogP contribution in [0.25, 0.3) is 0 Å². The summed E-state index contributed by atoms with van der Waals surface area (Å²) in [5.41, 5.74) is 0.975. The summed E-state index contributed by atoms with van der Waals surface area (Å²) >= 11 is 1.77. The Morgan fingerprint density at radius 2 is 1.78 bits per heavy atom. The van der Waals surface area contributed by atoms with Crippen LogP contribution in [0.3, 0.4) is 0 Å². The van der Waals surface area contributed by atoms with Gasteiger partial charge in [-0.05, 0) is 23.6 Å². The average molecular weight is 392 g/mol. The lowest BCUT2D eigenvalue weighted by Crippen LogP contribution is -2.43. The van der Waals surface area contributed by atoms with Crippen molar-refractivity contribution in [1.82, 2.24) is 10.6 Å². The van der Waals surface area contributed by atoms with Gasteiger partial charge < -0.3 is 24.8 Å². The molecule has 0 saturated carbocycles. The molecule has 0 aliphatic heterocycles. The maximum absolute atomic E-state index is 5.54. The minimum absolute atomic E-state index is 0.0206. The second-order valence-electron chi connectivity index (χ2n) is 6.63. The summed E-state index contributed by atoms with van der Waals surface area (Å²) in [7, 11) is 6.60. The van der Waals surface area contributed by atoms with E-state index in [1.807, 2.05) is 12.1 Å². The highest BCUT2D eigenvalue weighted by molar-refractivity contribution is 7.10. The van der Waals surface area contributed by atoms with Crippen molar-refractivity contribution in [1.29, 1.82) is 0 Å². The summed E-state index contributed by atoms with van der Waals surface area (Å²) in [6, 6.07) is 8.07. The van der Waals surface area contributed by atoms with Crippen molar-refractivity contribution in [3.05, 3.63) is 40.1 Å². The van der Waals surface area contributed by atoms with Gasteiger partial charge in [-0.15, -0.1) is 11.3 Å². The Kier molecular flexibility index (Phi) is 7.36. The fourth-order valence-corrected chi connectivity index (χ4v) is 3.61. The fourth-order valence-electron chi connectivity index (χ4n) is 2.76. The third-order valence-electron chi connectivity index (χ3n) is 4.34. The molecule has 2 aromatic rings. The van der Waals surface area contributed by atoms with Crippen LogP contribution in [0.2, 0.25) is 0 Å². The van der Waals surface area contributed by atoms with Crippen molar-refractivity contribution in [2.45, 2.75) is 25.8 Å². The van der Waals surface area contributed by atoms with E-state index in [2.05, 4.69) is 47.0 Å². The van der Waals surface area contributed by atoms with Crippen LogP contribution in [-0.2, 0) is 12.0 Å². The molecule has 7 heteroatoms. The average Bonchev–Trinajstić information content (AvgIpc) is 3.23. The van der Waals surface area contributed by atoms with Gasteiger partial charge in [0.15, 0.2) is 17.5 Å². The number of nitrogens with one attached hydrogen (secondary N) is 2. The number of thiophene rings is 1. The summed E-state index contributed by atoms with van der Waals surface area (Å²) in [5, 5.41) is 8.84. The lowest BCUT2D eigenvalue weighted by Gasteiger charge is -2.25. The minimum Gasteiger partial charge on any atom is -0.493 e. The number of ether oxygens (including phenoxy) is 3. The lowest BCUT2D eigenvalue weighted by molar-refractivity contribution is 0.322. The molecule has 1 aromatic heterocycles. The molecule has 1 heterocycles. The first-order chi connectivity index (χ1) is 13.0. The first kappa shape index (κ1) is 20.9. The van der Waals surface area contributed by atoms with E-state index in [9.17, 15) is 0 Å². The summed E-state index contributed by atoms with van der Waals surface area (Å²) in [4.78, 5) is 5.66. The van der Waals surface area contributed by atoms with Crippen molar-refractivity contribution >= 4 is 17.3 Å². The maximum atomic E-state index is 5.54. The molecule has 2 rings (SSSR count). The van der Waals surface area contributed by atoms with Gasteiger partial charge in [-0.3, -0.25) is 4.99 Å². The van der Waals surface area contributed by atoms with Crippen molar-refractivity contribution < 1.29 is 14.2 Å². The summed E-state index contributed by atoms with van der Waals surface area (Å²) in [6.07, 6.45) is 0. The number of hydrogen-bond acceptors (Lipinski definition) is 5. The van der Waals surface area contributed by atoms with Crippen LogP contribution in [0, 0.1) is 0 Å². The molecule has 0 fully saturated rings. The first-order valence-corrected chi connectivity index (χ1v) is 9.61. The van der Waals surface area contributed by atoms with E-state index >= 15 is 0 Å². The van der Waals surface area contributed by atoms with E-state index in [0.717, 1.165) is 18.1 Å². The van der Waals surface area contributed by atoms with Gasteiger partial charge >= 0.3 is 0 Å². The van der Waals surface area contributed by atoms with Crippen LogP contribution in [-0.4, -0.2) is 40.9 Å². The van der Waals surface area contributed by atoms with Crippen LogP contribution < -0.4 is 24.8 Å². The van der Waals surface area contributed by atoms with Crippen LogP contribution in [0.4, 0.5) is 0 Å². The predicted octanol–water partition coefficient (Wildman–Crippen LogP) is 3.42. The molecule has 2 N–H and O–H groups in total. The van der Waals surface area contributed by atoms with Crippen LogP contribution in [0.5, 0.6) is 17.2 Å². The minimum atomic E-state index is 0.0206. The fraction of sp³-hybridized carbons (Fsp3) is 0.450. The zero-order chi connectivity index (χ0) is 19.9. The standard InChI is InChI=1S/C20H29N3O3S/c1-20(2,16-8-7-11-27-16)13-23-19(21-3)22-12-14-9-10-15(24-4)18(26-6)17(14)25-5/h7-11H,12-13H2,1-6H3,(H2,21,22,23). The van der Waals surface area contributed by atoms with Gasteiger partial charge in [-0.25, -0.2) is 0 Å². The predicted molar refractivity (Wildman–Crippen MR) is 112 cm³/mol. The number of guanidine groups is 1. The van der Waals surface area contributed by atoms with E-state index in [0.29, 0.717) is 23.8 Å². The first-order valence-electron chi connectivity index (χ1n) is 8.73. The monoisotopic (exact) mass is 391 g/mol. The Labute approximate surface area is 165 Å². The molecule has 0 aliphatic carbocycles. The van der Waals surface area contributed by atoms with E-state index in [1.54, 1.807) is 39.7 Å². The van der Waals surface area contributed by atoms with E-state index in [-0.39, 0.29) is 5.41 Å². The van der Waals surface area contributed by atoms with Crippen molar-refractivity contribution in [3.63, 3.8) is 0 Å². The highest BCUT2D eigenvalue weighted by Crippen LogP contribution is 2.39. The maximum Gasteiger partial charge on any atom is 0.203 e. The van der Waals surface area contributed by atoms with E-state index in [1.165, 1.54) is 4.88 Å². The molecule has 0 amide bonds. The second-order valence-corrected chi connectivity index (χ2v) is 7.58. The summed E-state index contributed by atoms with van der Waals surface area (Å²) in [6.45, 7) is 5.76. The second kappa shape index (κ2) is 9.50. The van der Waals surface area contributed by atoms with Gasteiger partial charge in [-0.1, -0.05) is 19.9 Å². The Bertz CT molecular complexity index is 758. The molecule has 0 unspecified atom stereocenters. The Morgan fingerprint density at radius 3 is 2.33 bits per heavy atom. The van der Waals surface area contributed by atoms with Crippen molar-refractivity contribution in [3.8, 4) is 17.2 Å². The van der Waals surface area contributed by atoms with Gasteiger partial charge in [0.1, 0.15) is 0 Å². The van der Waals surface area contributed by atoms with Crippen LogP contribution >= 0.6 is 11.3 Å². The van der Waals surface area contributed by atoms with Gasteiger partial charge in [0, 0.05) is 36.0 Å². The number of methoxy groups -OCH3 is 3. The zero-order valence-electron chi connectivity index (χ0n) is 16.9. The summed E-state index contributed by atoms with van der Waals surface area (Å²) < 4.78 is 16.3. The van der Waals surface area contributed by atoms with E-state index < -0.39 is 0 Å². The van der Waals surface area contributed by atoms with Gasteiger partial charge in [0.2, 0.25) is 5.75 Å². The topological polar surface area (TPSA) is 64.1 Å². The third kappa shape index (κ3) is 5.07. The molecule has 0 spiro atoms. The molecule has 148 valence electrons. The number of benzene rings is 1. The Morgan fingerprint density at radius 1 is 1.04 bits per heavy atom. The van der Waals surface area contributed by atoms with E-state index in [4.69, 9.17) is 14.2 Å². The molecule has 0 aliphatic rings. The quantitative estimate of drug-likeness (QED) is 0.533. The summed E-state index contributed by atoms with van der Waals surface area (Å²) in [5.74, 6) is 2.61. The molecule has 0 saturated heterocycles. The number of nitrogens with zero attached hydrogens (tertiary/aromatic N) is 1. The SMILES string of the molecule is CN=C(NCc1ccc(OC)c(OC)c1OC)NCC(C)(C)c1cccs1. The number of rotatable bonds is 8. The molecule has 27 heavy (non-hydrogen) atoms. The largest absolute Gasteiger partial charge is 0.493 e. The molecular formula is C20H29N3O3S. The van der Waals surface area contributed by atoms with Crippen molar-refractivity contribution in [2.75, 3.05) is 34.9 Å². The Hall–Kier alpha value is -2.41. The number of aliphatic imine (C=N–C) groups is 1. The third-order valence-corrected chi connectivity index (χ3v) is 5.58. The van der Waals surface area contributed by atoms with Crippen LogP contribution in [0.15, 0.2) is 34.6 Å². The zero-order valence-corrected chi connectivity index (χ0v) is 17.7. The van der Waals surface area contributed by atoms with Gasteiger partial charge in [-0.2, -0.15) is 0 Å². The number of hydrogen-bond donors (Lipinski definition) is 2. The van der Waals surface area contributed by atoms with Crippen molar-refractivity contribution in [2.24, 2.45) is 4.99 Å². The molecule has 0 atom stereocenters. The van der Waals surface area contributed by atoms with Gasteiger partial charge in [0.25, 0.3) is 0 Å². The smallest absolute Gasteiger partial charge is 0.203 e. The normalized spacial score (nSPS) is 11.9. The highest BCUT2D eigenvalue weighted by atomic mass is 32.1. The molecule has 0 radical (unpaired) electrons. The molecule has 0 bridgehead atoms. The molecular weight excluding hydrogens is 362 g/mol.